The largest absolute Gasteiger partial charge is 0.495 e. The molecule has 0 aliphatic carbocycles. The Morgan fingerprint density at radius 1 is 1.08 bits per heavy atom. The number of fused-ring (bicyclic) bond motifs is 1. The molecule has 6 heteroatoms. The molecule has 0 fully saturated rings. The molecular formula is C20H17F3N2O. The number of methoxy groups -OCH3 is 1. The first-order chi connectivity index (χ1) is 12.5. The molecule has 0 amide bonds. The first-order valence-corrected chi connectivity index (χ1v) is 7.99. The molecule has 3 rings (SSSR count). The summed E-state index contributed by atoms with van der Waals surface area (Å²) >= 11 is 0. The lowest BCUT2D eigenvalue weighted by atomic mass is 10.2. The van der Waals surface area contributed by atoms with Crippen molar-refractivity contribution in [3.8, 4) is 17.6 Å². The van der Waals surface area contributed by atoms with Gasteiger partial charge in [0.2, 0.25) is 0 Å². The Morgan fingerprint density at radius 3 is 2.58 bits per heavy atom. The molecule has 0 aliphatic heterocycles. The van der Waals surface area contributed by atoms with Crippen molar-refractivity contribution in [1.29, 1.82) is 0 Å². The number of nitrogens with zero attached hydrogens (tertiary/aromatic N) is 1. The van der Waals surface area contributed by atoms with Crippen LogP contribution in [0.2, 0.25) is 0 Å². The molecule has 2 aromatic carbocycles. The minimum atomic E-state index is -4.31. The predicted molar refractivity (Wildman–Crippen MR) is 96.4 cm³/mol. The Morgan fingerprint density at radius 2 is 1.81 bits per heavy atom. The van der Waals surface area contributed by atoms with Gasteiger partial charge in [-0.15, -0.1) is 0 Å². The average Bonchev–Trinajstić information content (AvgIpc) is 2.95. The van der Waals surface area contributed by atoms with E-state index in [2.05, 4.69) is 17.2 Å². The van der Waals surface area contributed by atoms with Gasteiger partial charge in [0.05, 0.1) is 25.0 Å². The second-order valence-corrected chi connectivity index (χ2v) is 5.65. The molecule has 0 unspecified atom stereocenters. The van der Waals surface area contributed by atoms with Crippen molar-refractivity contribution in [3.63, 3.8) is 0 Å². The molecule has 3 nitrogen and oxygen atoms in total. The van der Waals surface area contributed by atoms with Gasteiger partial charge in [-0.05, 0) is 30.2 Å². The highest BCUT2D eigenvalue weighted by molar-refractivity contribution is 5.82. The molecule has 0 aliphatic rings. The SMILES string of the molecule is COc1ccccc1NCC#Cc1cc2ccccc2n1CC(F)(F)F. The van der Waals surface area contributed by atoms with Gasteiger partial charge in [-0.2, -0.15) is 13.2 Å². The lowest BCUT2D eigenvalue weighted by Gasteiger charge is -2.10. The van der Waals surface area contributed by atoms with Gasteiger partial charge in [-0.3, -0.25) is 0 Å². The first-order valence-electron chi connectivity index (χ1n) is 7.99. The zero-order valence-electron chi connectivity index (χ0n) is 14.1. The Bertz CT molecular complexity index is 964. The van der Waals surface area contributed by atoms with E-state index in [1.54, 1.807) is 37.4 Å². The topological polar surface area (TPSA) is 26.2 Å². The number of ether oxygens (including phenoxy) is 1. The quantitative estimate of drug-likeness (QED) is 0.686. The maximum Gasteiger partial charge on any atom is 0.406 e. The summed E-state index contributed by atoms with van der Waals surface area (Å²) in [4.78, 5) is 0. The summed E-state index contributed by atoms with van der Waals surface area (Å²) in [6.45, 7) is -0.779. The highest BCUT2D eigenvalue weighted by Gasteiger charge is 2.29. The minimum absolute atomic E-state index is 0.286. The molecule has 3 aromatic rings. The molecule has 0 bridgehead atoms. The fraction of sp³-hybridized carbons (Fsp3) is 0.200. The molecule has 1 N–H and O–H groups in total. The van der Waals surface area contributed by atoms with Gasteiger partial charge < -0.3 is 14.6 Å². The molecule has 26 heavy (non-hydrogen) atoms. The molecule has 0 saturated carbocycles. The second-order valence-electron chi connectivity index (χ2n) is 5.65. The van der Waals surface area contributed by atoms with E-state index < -0.39 is 12.7 Å². The normalized spacial score (nSPS) is 11.1. The van der Waals surface area contributed by atoms with Gasteiger partial charge in [0.15, 0.2) is 0 Å². The van der Waals surface area contributed by atoms with Gasteiger partial charge in [0, 0.05) is 10.9 Å². The van der Waals surface area contributed by atoms with E-state index in [4.69, 9.17) is 4.74 Å². The van der Waals surface area contributed by atoms with Crippen LogP contribution in [0.1, 0.15) is 5.69 Å². The third kappa shape index (κ3) is 4.12. The molecule has 0 saturated heterocycles. The molecule has 1 heterocycles. The van der Waals surface area contributed by atoms with Crippen LogP contribution in [0.15, 0.2) is 54.6 Å². The predicted octanol–water partition coefficient (Wildman–Crippen LogP) is 4.68. The fourth-order valence-electron chi connectivity index (χ4n) is 2.73. The fourth-order valence-corrected chi connectivity index (χ4v) is 2.73. The highest BCUT2D eigenvalue weighted by Crippen LogP contribution is 2.25. The zero-order valence-corrected chi connectivity index (χ0v) is 14.1. The van der Waals surface area contributed by atoms with E-state index in [1.165, 1.54) is 4.57 Å². The smallest absolute Gasteiger partial charge is 0.406 e. The van der Waals surface area contributed by atoms with Gasteiger partial charge in [0.1, 0.15) is 12.3 Å². The van der Waals surface area contributed by atoms with Crippen molar-refractivity contribution in [2.24, 2.45) is 0 Å². The van der Waals surface area contributed by atoms with Crippen molar-refractivity contribution >= 4 is 16.6 Å². The first kappa shape index (κ1) is 17.7. The summed E-state index contributed by atoms with van der Waals surface area (Å²) in [5.41, 5.74) is 1.64. The molecule has 1 aromatic heterocycles. The number of nitrogens with one attached hydrogen (secondary N) is 1. The summed E-state index contributed by atoms with van der Waals surface area (Å²) in [6, 6.07) is 16.0. The number of rotatable bonds is 4. The van der Waals surface area contributed by atoms with Crippen molar-refractivity contribution in [2.75, 3.05) is 19.0 Å². The van der Waals surface area contributed by atoms with Crippen LogP contribution in [-0.4, -0.2) is 24.4 Å². The maximum absolute atomic E-state index is 12.9. The summed E-state index contributed by atoms with van der Waals surface area (Å²) in [5.74, 6) is 6.41. The van der Waals surface area contributed by atoms with Crippen LogP contribution in [0, 0.1) is 11.8 Å². The van der Waals surface area contributed by atoms with Crippen molar-refractivity contribution < 1.29 is 17.9 Å². The number of alkyl halides is 3. The van der Waals surface area contributed by atoms with E-state index in [0.717, 1.165) is 11.1 Å². The van der Waals surface area contributed by atoms with E-state index in [1.807, 2.05) is 24.3 Å². The van der Waals surface area contributed by atoms with Crippen LogP contribution in [-0.2, 0) is 6.54 Å². The van der Waals surface area contributed by atoms with Crippen LogP contribution in [0.5, 0.6) is 5.75 Å². The summed E-state index contributed by atoms with van der Waals surface area (Å²) in [7, 11) is 1.57. The number of anilines is 1. The van der Waals surface area contributed by atoms with Gasteiger partial charge in [0.25, 0.3) is 0 Å². The van der Waals surface area contributed by atoms with Crippen LogP contribution in [0.4, 0.5) is 18.9 Å². The summed E-state index contributed by atoms with van der Waals surface area (Å²) < 4.78 is 45.2. The lowest BCUT2D eigenvalue weighted by Crippen LogP contribution is -2.18. The molecule has 0 radical (unpaired) electrons. The number of hydrogen-bond donors (Lipinski definition) is 1. The van der Waals surface area contributed by atoms with E-state index in [9.17, 15) is 13.2 Å². The van der Waals surface area contributed by atoms with Crippen molar-refractivity contribution in [3.05, 3.63) is 60.3 Å². The summed E-state index contributed by atoms with van der Waals surface area (Å²) in [6.07, 6.45) is -4.31. The number of aromatic nitrogens is 1. The third-order valence-electron chi connectivity index (χ3n) is 3.84. The standard InChI is InChI=1S/C20H17F3N2O/c1-26-19-11-5-3-9-17(19)24-12-6-8-16-13-15-7-2-4-10-18(15)25(16)14-20(21,22)23/h2-5,7,9-11,13,24H,12,14H2,1H3. The Hall–Kier alpha value is -3.07. The number of halogens is 3. The molecule has 0 spiro atoms. The van der Waals surface area contributed by atoms with E-state index in [0.29, 0.717) is 17.0 Å². The average molecular weight is 358 g/mol. The minimum Gasteiger partial charge on any atom is -0.495 e. The maximum atomic E-state index is 12.9. The molecule has 0 atom stereocenters. The highest BCUT2D eigenvalue weighted by atomic mass is 19.4. The Kier molecular flexibility index (Phi) is 5.08. The van der Waals surface area contributed by atoms with Gasteiger partial charge in [-0.1, -0.05) is 36.3 Å². The Balaban J connectivity index is 1.83. The van der Waals surface area contributed by atoms with Crippen LogP contribution < -0.4 is 10.1 Å². The second kappa shape index (κ2) is 7.44. The Labute approximate surface area is 149 Å². The van der Waals surface area contributed by atoms with Crippen LogP contribution >= 0.6 is 0 Å². The van der Waals surface area contributed by atoms with Crippen molar-refractivity contribution in [1.82, 2.24) is 4.57 Å². The van der Waals surface area contributed by atoms with Crippen LogP contribution in [0.3, 0.4) is 0 Å². The van der Waals surface area contributed by atoms with Gasteiger partial charge in [-0.25, -0.2) is 0 Å². The van der Waals surface area contributed by atoms with Crippen molar-refractivity contribution in [2.45, 2.75) is 12.7 Å². The molecular weight excluding hydrogens is 341 g/mol. The van der Waals surface area contributed by atoms with Crippen LogP contribution in [0.25, 0.3) is 10.9 Å². The number of para-hydroxylation sites is 3. The zero-order chi connectivity index (χ0) is 18.6. The number of benzene rings is 2. The third-order valence-corrected chi connectivity index (χ3v) is 3.84. The lowest BCUT2D eigenvalue weighted by molar-refractivity contribution is -0.140. The number of hydrogen-bond acceptors (Lipinski definition) is 2. The summed E-state index contributed by atoms with van der Waals surface area (Å²) in [5, 5.41) is 3.84. The van der Waals surface area contributed by atoms with Gasteiger partial charge >= 0.3 is 6.18 Å². The van der Waals surface area contributed by atoms with E-state index in [-0.39, 0.29) is 6.54 Å². The molecule has 134 valence electrons. The van der Waals surface area contributed by atoms with E-state index >= 15 is 0 Å². The monoisotopic (exact) mass is 358 g/mol.